The Labute approximate surface area is 127 Å². The molecule has 21 heavy (non-hydrogen) atoms. The fourth-order valence-electron chi connectivity index (χ4n) is 1.58. The van der Waals surface area contributed by atoms with Crippen molar-refractivity contribution >= 4 is 0 Å². The molecule has 6 nitrogen and oxygen atoms in total. The summed E-state index contributed by atoms with van der Waals surface area (Å²) in [6.45, 7) is 10.8. The first kappa shape index (κ1) is 19.9. The van der Waals surface area contributed by atoms with E-state index in [0.29, 0.717) is 52.9 Å². The second-order valence-corrected chi connectivity index (χ2v) is 4.55. The Morgan fingerprint density at radius 2 is 1.14 bits per heavy atom. The second-order valence-electron chi connectivity index (χ2n) is 4.55. The van der Waals surface area contributed by atoms with Crippen LogP contribution in [0.5, 0.6) is 0 Å². The summed E-state index contributed by atoms with van der Waals surface area (Å²) in [5, 5.41) is 0. The molecular weight excluding hydrogens is 276 g/mol. The number of hydrogen-bond donors (Lipinski definition) is 0. The molecular formula is C15H28O6. The van der Waals surface area contributed by atoms with Crippen LogP contribution in [0, 0.1) is 5.41 Å². The smallest absolute Gasteiger partial charge is 0.101 e. The summed E-state index contributed by atoms with van der Waals surface area (Å²) in [6.07, 6.45) is 2.79. The number of hydrogen-bond acceptors (Lipinski definition) is 6. The predicted molar refractivity (Wildman–Crippen MR) is 80.1 cm³/mol. The summed E-state index contributed by atoms with van der Waals surface area (Å²) in [7, 11) is 3.26. The Morgan fingerprint density at radius 3 is 1.48 bits per heavy atom. The van der Waals surface area contributed by atoms with Gasteiger partial charge < -0.3 is 28.4 Å². The first-order valence-electron chi connectivity index (χ1n) is 6.83. The van der Waals surface area contributed by atoms with Crippen LogP contribution in [-0.4, -0.2) is 67.1 Å². The summed E-state index contributed by atoms with van der Waals surface area (Å²) in [4.78, 5) is 0. The highest BCUT2D eigenvalue weighted by Crippen LogP contribution is 2.21. The first-order valence-corrected chi connectivity index (χ1v) is 6.83. The average Bonchev–Trinajstić information content (AvgIpc) is 2.51. The van der Waals surface area contributed by atoms with Crippen molar-refractivity contribution in [2.45, 2.75) is 0 Å². The van der Waals surface area contributed by atoms with E-state index in [1.54, 1.807) is 14.2 Å². The van der Waals surface area contributed by atoms with E-state index in [4.69, 9.17) is 28.4 Å². The molecule has 0 atom stereocenters. The number of rotatable bonds is 16. The zero-order valence-corrected chi connectivity index (χ0v) is 13.2. The van der Waals surface area contributed by atoms with Gasteiger partial charge in [-0.3, -0.25) is 0 Å². The third kappa shape index (κ3) is 10.3. The minimum absolute atomic E-state index is 0.379. The van der Waals surface area contributed by atoms with E-state index in [2.05, 4.69) is 13.2 Å². The lowest BCUT2D eigenvalue weighted by atomic mass is 9.92. The van der Waals surface area contributed by atoms with Crippen LogP contribution in [0.15, 0.2) is 25.7 Å². The molecule has 124 valence electrons. The van der Waals surface area contributed by atoms with Gasteiger partial charge in [0.25, 0.3) is 0 Å². The zero-order valence-electron chi connectivity index (χ0n) is 13.2. The van der Waals surface area contributed by atoms with Crippen molar-refractivity contribution in [2.24, 2.45) is 5.41 Å². The number of ether oxygens (including phenoxy) is 6. The maximum atomic E-state index is 5.63. The standard InChI is InChI=1S/C15H28O6/c1-5-18-11-15(12-19-6-2,13-20-9-7-16-3)14-21-10-8-17-4/h5-6H,1-2,7-14H2,3-4H3. The van der Waals surface area contributed by atoms with E-state index in [1.807, 2.05) is 0 Å². The summed E-state index contributed by atoms with van der Waals surface area (Å²) >= 11 is 0. The lowest BCUT2D eigenvalue weighted by Gasteiger charge is -2.31. The SMILES string of the molecule is C=COCC(COC=C)(COCCOC)COCCOC. The molecule has 0 spiro atoms. The van der Waals surface area contributed by atoms with Gasteiger partial charge in [-0.05, 0) is 0 Å². The minimum Gasteiger partial charge on any atom is -0.501 e. The average molecular weight is 304 g/mol. The minimum atomic E-state index is -0.441. The van der Waals surface area contributed by atoms with Gasteiger partial charge in [-0.1, -0.05) is 13.2 Å². The molecule has 0 unspecified atom stereocenters. The fraction of sp³-hybridized carbons (Fsp3) is 0.733. The highest BCUT2D eigenvalue weighted by Gasteiger charge is 2.33. The molecule has 6 heteroatoms. The Balaban J connectivity index is 4.50. The molecule has 0 amide bonds. The van der Waals surface area contributed by atoms with Crippen LogP contribution in [-0.2, 0) is 28.4 Å². The van der Waals surface area contributed by atoms with E-state index in [1.165, 1.54) is 12.5 Å². The predicted octanol–water partition coefficient (Wildman–Crippen LogP) is 1.62. The molecule has 0 aromatic rings. The molecule has 0 bridgehead atoms. The van der Waals surface area contributed by atoms with Crippen LogP contribution in [0.2, 0.25) is 0 Å². The molecule has 0 saturated carbocycles. The van der Waals surface area contributed by atoms with Crippen LogP contribution in [0.3, 0.4) is 0 Å². The lowest BCUT2D eigenvalue weighted by Crippen LogP contribution is -2.41. The largest absolute Gasteiger partial charge is 0.501 e. The summed E-state index contributed by atoms with van der Waals surface area (Å²) in [5.41, 5.74) is -0.441. The highest BCUT2D eigenvalue weighted by atomic mass is 16.5. The van der Waals surface area contributed by atoms with Crippen LogP contribution in [0.1, 0.15) is 0 Å². The topological polar surface area (TPSA) is 55.4 Å². The van der Waals surface area contributed by atoms with Crippen molar-refractivity contribution in [3.8, 4) is 0 Å². The van der Waals surface area contributed by atoms with Gasteiger partial charge >= 0.3 is 0 Å². The Morgan fingerprint density at radius 1 is 0.714 bits per heavy atom. The third-order valence-corrected chi connectivity index (χ3v) is 2.69. The molecule has 0 fully saturated rings. The van der Waals surface area contributed by atoms with Gasteiger partial charge in [0.1, 0.15) is 13.2 Å². The van der Waals surface area contributed by atoms with Gasteiger partial charge in [-0.25, -0.2) is 0 Å². The van der Waals surface area contributed by atoms with Gasteiger partial charge in [0, 0.05) is 14.2 Å². The van der Waals surface area contributed by atoms with Crippen LogP contribution >= 0.6 is 0 Å². The van der Waals surface area contributed by atoms with Crippen LogP contribution < -0.4 is 0 Å². The van der Waals surface area contributed by atoms with E-state index in [0.717, 1.165) is 0 Å². The highest BCUT2D eigenvalue weighted by molar-refractivity contribution is 4.81. The lowest BCUT2D eigenvalue weighted by molar-refractivity contribution is -0.0901. The molecule has 0 rings (SSSR count). The van der Waals surface area contributed by atoms with Crippen molar-refractivity contribution in [1.29, 1.82) is 0 Å². The molecule has 0 aliphatic heterocycles. The van der Waals surface area contributed by atoms with E-state index in [-0.39, 0.29) is 0 Å². The Kier molecular flexibility index (Phi) is 13.2. The van der Waals surface area contributed by atoms with Crippen molar-refractivity contribution in [3.63, 3.8) is 0 Å². The van der Waals surface area contributed by atoms with Crippen molar-refractivity contribution < 1.29 is 28.4 Å². The quantitative estimate of drug-likeness (QED) is 0.319. The van der Waals surface area contributed by atoms with Crippen LogP contribution in [0.25, 0.3) is 0 Å². The fourth-order valence-corrected chi connectivity index (χ4v) is 1.58. The normalized spacial score (nSPS) is 11.1. The Bertz CT molecular complexity index is 231. The van der Waals surface area contributed by atoms with Crippen LogP contribution in [0.4, 0.5) is 0 Å². The van der Waals surface area contributed by atoms with Crippen molar-refractivity contribution in [1.82, 2.24) is 0 Å². The summed E-state index contributed by atoms with van der Waals surface area (Å²) in [6, 6.07) is 0. The summed E-state index contributed by atoms with van der Waals surface area (Å²) < 4.78 is 31.9. The molecule has 0 N–H and O–H groups in total. The molecule has 0 saturated heterocycles. The molecule has 0 aliphatic rings. The summed E-state index contributed by atoms with van der Waals surface area (Å²) in [5.74, 6) is 0. The van der Waals surface area contributed by atoms with Crippen molar-refractivity contribution in [2.75, 3.05) is 67.1 Å². The monoisotopic (exact) mass is 304 g/mol. The van der Waals surface area contributed by atoms with Gasteiger partial charge in [0.2, 0.25) is 0 Å². The molecule has 0 aromatic carbocycles. The second kappa shape index (κ2) is 13.9. The van der Waals surface area contributed by atoms with Gasteiger partial charge in [-0.2, -0.15) is 0 Å². The van der Waals surface area contributed by atoms with E-state index >= 15 is 0 Å². The molecule has 0 aromatic heterocycles. The van der Waals surface area contributed by atoms with Crippen molar-refractivity contribution in [3.05, 3.63) is 25.7 Å². The zero-order chi connectivity index (χ0) is 15.8. The number of methoxy groups -OCH3 is 2. The Hall–Kier alpha value is -1.08. The maximum absolute atomic E-state index is 5.63. The molecule has 0 radical (unpaired) electrons. The maximum Gasteiger partial charge on any atom is 0.101 e. The van der Waals surface area contributed by atoms with Gasteiger partial charge in [0.05, 0.1) is 57.6 Å². The van der Waals surface area contributed by atoms with E-state index < -0.39 is 5.41 Å². The first-order chi connectivity index (χ1) is 10.2. The third-order valence-electron chi connectivity index (χ3n) is 2.69. The van der Waals surface area contributed by atoms with Gasteiger partial charge in [0.15, 0.2) is 0 Å². The molecule has 0 heterocycles. The van der Waals surface area contributed by atoms with E-state index in [9.17, 15) is 0 Å². The van der Waals surface area contributed by atoms with Gasteiger partial charge in [-0.15, -0.1) is 0 Å². The molecule has 0 aliphatic carbocycles.